The van der Waals surface area contributed by atoms with Gasteiger partial charge in [-0.05, 0) is 30.7 Å². The zero-order valence-corrected chi connectivity index (χ0v) is 12.2. The number of nitrogens with zero attached hydrogens (tertiary/aromatic N) is 1. The van der Waals surface area contributed by atoms with Crippen LogP contribution in [0.25, 0.3) is 0 Å². The van der Waals surface area contributed by atoms with Gasteiger partial charge in [0.2, 0.25) is 0 Å². The minimum atomic E-state index is -4.75. The van der Waals surface area contributed by atoms with Crippen molar-refractivity contribution in [2.75, 3.05) is 25.0 Å². The zero-order valence-electron chi connectivity index (χ0n) is 12.2. The van der Waals surface area contributed by atoms with Crippen LogP contribution in [0, 0.1) is 0 Å². The zero-order chi connectivity index (χ0) is 16.6. The molecule has 5 nitrogen and oxygen atoms in total. The van der Waals surface area contributed by atoms with Crippen molar-refractivity contribution in [3.8, 4) is 5.75 Å². The van der Waals surface area contributed by atoms with Crippen molar-refractivity contribution in [2.24, 2.45) is 0 Å². The molecular weight excluding hydrogens is 301 g/mol. The van der Waals surface area contributed by atoms with Crippen LogP contribution in [0.5, 0.6) is 5.75 Å². The first-order chi connectivity index (χ1) is 10.4. The molecule has 8 heteroatoms. The molecule has 124 valence electrons. The SMILES string of the molecule is CCCCN(CCO)C(=O)Nc1ccc(OC(F)(F)F)cc1. The van der Waals surface area contributed by atoms with E-state index in [1.54, 1.807) is 0 Å². The van der Waals surface area contributed by atoms with Gasteiger partial charge in [-0.1, -0.05) is 13.3 Å². The van der Waals surface area contributed by atoms with Crippen LogP contribution in [0.4, 0.5) is 23.7 Å². The van der Waals surface area contributed by atoms with Crippen LogP contribution in [0.2, 0.25) is 0 Å². The Kier molecular flexibility index (Phi) is 6.97. The smallest absolute Gasteiger partial charge is 0.406 e. The van der Waals surface area contributed by atoms with Crippen molar-refractivity contribution in [3.63, 3.8) is 0 Å². The Hall–Kier alpha value is -1.96. The molecule has 0 aliphatic carbocycles. The Morgan fingerprint density at radius 3 is 2.41 bits per heavy atom. The molecule has 1 rings (SSSR count). The number of halogens is 3. The number of carbonyl (C=O) groups is 1. The number of hydrogen-bond donors (Lipinski definition) is 2. The standard InChI is InChI=1S/C14H19F3N2O3/c1-2-3-8-19(9-10-20)13(21)18-11-4-6-12(7-5-11)22-14(15,16)17/h4-7,20H,2-3,8-10H2,1H3,(H,18,21). The van der Waals surface area contributed by atoms with Gasteiger partial charge in [-0.2, -0.15) is 0 Å². The molecule has 0 radical (unpaired) electrons. The maximum Gasteiger partial charge on any atom is 0.573 e. The number of aliphatic hydroxyl groups is 1. The number of carbonyl (C=O) groups excluding carboxylic acids is 1. The van der Waals surface area contributed by atoms with Gasteiger partial charge < -0.3 is 20.1 Å². The molecule has 0 fully saturated rings. The van der Waals surface area contributed by atoms with Crippen molar-refractivity contribution in [1.29, 1.82) is 0 Å². The fourth-order valence-electron chi connectivity index (χ4n) is 1.73. The molecule has 0 aliphatic heterocycles. The lowest BCUT2D eigenvalue weighted by Gasteiger charge is -2.22. The Labute approximate surface area is 126 Å². The second-order valence-corrected chi connectivity index (χ2v) is 4.57. The number of hydrogen-bond acceptors (Lipinski definition) is 3. The first kappa shape index (κ1) is 18.1. The molecule has 1 aromatic carbocycles. The van der Waals surface area contributed by atoms with E-state index in [1.165, 1.54) is 17.0 Å². The largest absolute Gasteiger partial charge is 0.573 e. The molecule has 1 aromatic rings. The predicted octanol–water partition coefficient (Wildman–Crippen LogP) is 3.21. The van der Waals surface area contributed by atoms with E-state index >= 15 is 0 Å². The van der Waals surface area contributed by atoms with Gasteiger partial charge in [0, 0.05) is 18.8 Å². The molecule has 0 atom stereocenters. The van der Waals surface area contributed by atoms with Gasteiger partial charge in [0.1, 0.15) is 5.75 Å². The van der Waals surface area contributed by atoms with E-state index in [1.807, 2.05) is 6.92 Å². The van der Waals surface area contributed by atoms with Crippen LogP contribution in [0.3, 0.4) is 0 Å². The van der Waals surface area contributed by atoms with Gasteiger partial charge >= 0.3 is 12.4 Å². The van der Waals surface area contributed by atoms with Crippen molar-refractivity contribution in [3.05, 3.63) is 24.3 Å². The topological polar surface area (TPSA) is 61.8 Å². The normalized spacial score (nSPS) is 11.1. The third-order valence-corrected chi connectivity index (χ3v) is 2.78. The summed E-state index contributed by atoms with van der Waals surface area (Å²) in [7, 11) is 0. The van der Waals surface area contributed by atoms with Gasteiger partial charge in [-0.15, -0.1) is 13.2 Å². The number of urea groups is 1. The highest BCUT2D eigenvalue weighted by Crippen LogP contribution is 2.24. The van der Waals surface area contributed by atoms with Gasteiger partial charge in [0.05, 0.1) is 6.61 Å². The number of nitrogens with one attached hydrogen (secondary N) is 1. The van der Waals surface area contributed by atoms with Crippen LogP contribution < -0.4 is 10.1 Å². The molecule has 0 aromatic heterocycles. The highest BCUT2D eigenvalue weighted by Gasteiger charge is 2.30. The molecule has 0 spiro atoms. The quantitative estimate of drug-likeness (QED) is 0.811. The van der Waals surface area contributed by atoms with Crippen LogP contribution >= 0.6 is 0 Å². The number of rotatable bonds is 7. The van der Waals surface area contributed by atoms with E-state index in [0.717, 1.165) is 25.0 Å². The number of anilines is 1. The summed E-state index contributed by atoms with van der Waals surface area (Å²) in [4.78, 5) is 13.5. The van der Waals surface area contributed by atoms with Crippen molar-refractivity contribution >= 4 is 11.7 Å². The van der Waals surface area contributed by atoms with Crippen LogP contribution in [-0.2, 0) is 0 Å². The van der Waals surface area contributed by atoms with Gasteiger partial charge in [-0.3, -0.25) is 0 Å². The summed E-state index contributed by atoms with van der Waals surface area (Å²) in [6, 6.07) is 4.45. The molecule has 0 aliphatic rings. The first-order valence-corrected chi connectivity index (χ1v) is 6.88. The molecule has 0 heterocycles. The summed E-state index contributed by atoms with van der Waals surface area (Å²) in [5.74, 6) is -0.358. The molecule has 0 bridgehead atoms. The Bertz CT molecular complexity index is 463. The van der Waals surface area contributed by atoms with Crippen LogP contribution in [0.1, 0.15) is 19.8 Å². The Balaban J connectivity index is 2.62. The molecule has 2 amide bonds. The molecule has 0 unspecified atom stereocenters. The third kappa shape index (κ3) is 6.66. The molecule has 22 heavy (non-hydrogen) atoms. The minimum absolute atomic E-state index is 0.157. The number of amides is 2. The number of aliphatic hydroxyl groups excluding tert-OH is 1. The maximum atomic E-state index is 12.0. The highest BCUT2D eigenvalue weighted by molar-refractivity contribution is 5.89. The summed E-state index contributed by atoms with van der Waals surface area (Å²) in [6.07, 6.45) is -3.05. The lowest BCUT2D eigenvalue weighted by molar-refractivity contribution is -0.274. The molecule has 0 saturated heterocycles. The Morgan fingerprint density at radius 1 is 1.27 bits per heavy atom. The van der Waals surface area contributed by atoms with Gasteiger partial charge in [0.25, 0.3) is 0 Å². The number of benzene rings is 1. The van der Waals surface area contributed by atoms with Crippen LogP contribution in [-0.4, -0.2) is 42.1 Å². The van der Waals surface area contributed by atoms with Crippen molar-refractivity contribution < 1.29 is 27.8 Å². The van der Waals surface area contributed by atoms with Crippen molar-refractivity contribution in [2.45, 2.75) is 26.1 Å². The summed E-state index contributed by atoms with van der Waals surface area (Å²) >= 11 is 0. The lowest BCUT2D eigenvalue weighted by atomic mass is 10.3. The Morgan fingerprint density at radius 2 is 1.91 bits per heavy atom. The average molecular weight is 320 g/mol. The third-order valence-electron chi connectivity index (χ3n) is 2.78. The number of ether oxygens (including phenoxy) is 1. The highest BCUT2D eigenvalue weighted by atomic mass is 19.4. The van der Waals surface area contributed by atoms with Gasteiger partial charge in [-0.25, -0.2) is 4.79 Å². The lowest BCUT2D eigenvalue weighted by Crippen LogP contribution is -2.37. The molecular formula is C14H19F3N2O3. The monoisotopic (exact) mass is 320 g/mol. The van der Waals surface area contributed by atoms with E-state index in [0.29, 0.717) is 12.2 Å². The second-order valence-electron chi connectivity index (χ2n) is 4.57. The van der Waals surface area contributed by atoms with E-state index in [4.69, 9.17) is 5.11 Å². The van der Waals surface area contributed by atoms with Crippen LogP contribution in [0.15, 0.2) is 24.3 Å². The summed E-state index contributed by atoms with van der Waals surface area (Å²) in [6.45, 7) is 2.52. The number of unbranched alkanes of at least 4 members (excludes halogenated alkanes) is 1. The van der Waals surface area contributed by atoms with E-state index in [9.17, 15) is 18.0 Å². The number of alkyl halides is 3. The molecule has 2 N–H and O–H groups in total. The predicted molar refractivity (Wildman–Crippen MR) is 75.7 cm³/mol. The fourth-order valence-corrected chi connectivity index (χ4v) is 1.73. The maximum absolute atomic E-state index is 12.0. The summed E-state index contributed by atoms with van der Waals surface area (Å²) in [5, 5.41) is 11.5. The summed E-state index contributed by atoms with van der Waals surface area (Å²) < 4.78 is 39.9. The van der Waals surface area contributed by atoms with E-state index < -0.39 is 12.4 Å². The fraction of sp³-hybridized carbons (Fsp3) is 0.500. The average Bonchev–Trinajstić information content (AvgIpc) is 2.44. The minimum Gasteiger partial charge on any atom is -0.406 e. The van der Waals surface area contributed by atoms with Crippen molar-refractivity contribution in [1.82, 2.24) is 4.90 Å². The molecule has 0 saturated carbocycles. The summed E-state index contributed by atoms with van der Waals surface area (Å²) in [5.41, 5.74) is 0.346. The van der Waals surface area contributed by atoms with Gasteiger partial charge in [0.15, 0.2) is 0 Å². The first-order valence-electron chi connectivity index (χ1n) is 6.88. The van der Waals surface area contributed by atoms with E-state index in [-0.39, 0.29) is 18.9 Å². The second kappa shape index (κ2) is 8.47. The van der Waals surface area contributed by atoms with E-state index in [2.05, 4.69) is 10.1 Å².